The van der Waals surface area contributed by atoms with Crippen molar-refractivity contribution >= 4 is 9.84 Å². The van der Waals surface area contributed by atoms with Crippen LogP contribution in [0.2, 0.25) is 0 Å². The first-order valence-corrected chi connectivity index (χ1v) is 4.10. The van der Waals surface area contributed by atoms with E-state index < -0.39 is 9.84 Å². The van der Waals surface area contributed by atoms with Crippen molar-refractivity contribution < 1.29 is 8.42 Å². The molecule has 4 heteroatoms. The van der Waals surface area contributed by atoms with Crippen LogP contribution in [0.15, 0.2) is 0 Å². The minimum absolute atomic E-state index is 0.124. The molecule has 0 aromatic heterocycles. The zero-order valence-corrected chi connectivity index (χ0v) is 5.83. The molecule has 0 rings (SSSR count). The first-order valence-electron chi connectivity index (χ1n) is 2.21. The lowest BCUT2D eigenvalue weighted by atomic mass is 10.5. The van der Waals surface area contributed by atoms with Crippen LogP contribution in [0.4, 0.5) is 0 Å². The maximum Gasteiger partial charge on any atom is 0.155 e. The van der Waals surface area contributed by atoms with Crippen molar-refractivity contribution in [3.05, 3.63) is 5.25 Å². The maximum absolute atomic E-state index is 10.4. The fourth-order valence-electron chi connectivity index (χ4n) is 0.151. The molecule has 0 aliphatic rings. The van der Waals surface area contributed by atoms with Gasteiger partial charge in [-0.1, -0.05) is 0 Å². The molecule has 0 aromatic carbocycles. The molecule has 0 atom stereocenters. The minimum atomic E-state index is -2.96. The van der Waals surface area contributed by atoms with Crippen LogP contribution in [0.1, 0.15) is 6.92 Å². The number of hydrogen-bond donors (Lipinski definition) is 1. The second-order valence-corrected chi connectivity index (χ2v) is 3.92. The number of rotatable bonds is 2. The van der Waals surface area contributed by atoms with Crippen molar-refractivity contribution in [2.75, 3.05) is 12.8 Å². The molecule has 0 aliphatic carbocycles. The van der Waals surface area contributed by atoms with Crippen molar-refractivity contribution in [3.63, 3.8) is 0 Å². The van der Waals surface area contributed by atoms with E-state index in [1.165, 1.54) is 6.92 Å². The average molecular weight is 136 g/mol. The molecule has 0 aliphatic heterocycles. The zero-order valence-electron chi connectivity index (χ0n) is 5.01. The smallest absolute Gasteiger partial charge is 0.155 e. The monoisotopic (exact) mass is 136 g/mol. The second kappa shape index (κ2) is 2.46. The van der Waals surface area contributed by atoms with Gasteiger partial charge in [-0.25, -0.2) is 8.42 Å². The molecule has 0 aromatic rings. The third-order valence-electron chi connectivity index (χ3n) is 0.920. The van der Waals surface area contributed by atoms with Crippen LogP contribution in [0.25, 0.3) is 0 Å². The molecule has 1 radical (unpaired) electrons. The van der Waals surface area contributed by atoms with Crippen LogP contribution >= 0.6 is 0 Å². The summed E-state index contributed by atoms with van der Waals surface area (Å²) in [5.41, 5.74) is 5.04. The van der Waals surface area contributed by atoms with Gasteiger partial charge in [0.1, 0.15) is 5.25 Å². The van der Waals surface area contributed by atoms with Crippen LogP contribution in [0.3, 0.4) is 0 Å². The van der Waals surface area contributed by atoms with E-state index >= 15 is 0 Å². The Bertz CT molecular complexity index is 149. The van der Waals surface area contributed by atoms with Gasteiger partial charge >= 0.3 is 0 Å². The fourth-order valence-corrected chi connectivity index (χ4v) is 0.454. The van der Waals surface area contributed by atoms with Crippen molar-refractivity contribution in [2.24, 2.45) is 5.73 Å². The Balaban J connectivity index is 4.04. The summed E-state index contributed by atoms with van der Waals surface area (Å²) in [6, 6.07) is 0. The van der Waals surface area contributed by atoms with E-state index in [4.69, 9.17) is 5.73 Å². The van der Waals surface area contributed by atoms with Crippen LogP contribution < -0.4 is 5.73 Å². The van der Waals surface area contributed by atoms with Gasteiger partial charge in [0.25, 0.3) is 0 Å². The number of sulfone groups is 1. The molecule has 3 nitrogen and oxygen atoms in total. The van der Waals surface area contributed by atoms with Gasteiger partial charge in [0.2, 0.25) is 0 Å². The maximum atomic E-state index is 10.4. The molecule has 0 saturated carbocycles. The van der Waals surface area contributed by atoms with E-state index in [0.717, 1.165) is 6.26 Å². The van der Waals surface area contributed by atoms with Gasteiger partial charge in [-0.2, -0.15) is 0 Å². The van der Waals surface area contributed by atoms with Gasteiger partial charge < -0.3 is 5.73 Å². The molecule has 0 spiro atoms. The van der Waals surface area contributed by atoms with Crippen molar-refractivity contribution in [2.45, 2.75) is 6.92 Å². The van der Waals surface area contributed by atoms with Crippen molar-refractivity contribution in [3.8, 4) is 0 Å². The second-order valence-electron chi connectivity index (χ2n) is 1.68. The summed E-state index contributed by atoms with van der Waals surface area (Å²) in [6.07, 6.45) is 1.15. The van der Waals surface area contributed by atoms with E-state index in [-0.39, 0.29) is 6.54 Å². The third-order valence-corrected chi connectivity index (χ3v) is 2.35. The number of nitrogens with two attached hydrogens (primary N) is 1. The Kier molecular flexibility index (Phi) is 2.43. The van der Waals surface area contributed by atoms with E-state index in [1.807, 2.05) is 0 Å². The highest BCUT2D eigenvalue weighted by molar-refractivity contribution is 7.93. The summed E-state index contributed by atoms with van der Waals surface area (Å²) in [7, 11) is -2.96. The van der Waals surface area contributed by atoms with Gasteiger partial charge in [-0.3, -0.25) is 0 Å². The summed E-state index contributed by atoms with van der Waals surface area (Å²) in [4.78, 5) is 0. The number of hydrogen-bond acceptors (Lipinski definition) is 3. The summed E-state index contributed by atoms with van der Waals surface area (Å²) >= 11 is 0. The summed E-state index contributed by atoms with van der Waals surface area (Å²) in [6.45, 7) is 1.63. The molecule has 0 amide bonds. The largest absolute Gasteiger partial charge is 0.329 e. The quantitative estimate of drug-likeness (QED) is 0.559. The normalized spacial score (nSPS) is 12.5. The van der Waals surface area contributed by atoms with Crippen molar-refractivity contribution in [1.82, 2.24) is 0 Å². The Morgan fingerprint density at radius 3 is 2.00 bits per heavy atom. The van der Waals surface area contributed by atoms with Crippen LogP contribution in [0.5, 0.6) is 0 Å². The highest BCUT2D eigenvalue weighted by Gasteiger charge is 2.12. The SMILES string of the molecule is C[C](CN)S(C)(=O)=O. The Morgan fingerprint density at radius 2 is 2.00 bits per heavy atom. The van der Waals surface area contributed by atoms with Gasteiger partial charge in [0.15, 0.2) is 9.84 Å². The molecule has 0 saturated heterocycles. The molecule has 0 bridgehead atoms. The molecule has 0 unspecified atom stereocenters. The lowest BCUT2D eigenvalue weighted by Gasteiger charge is -2.01. The van der Waals surface area contributed by atoms with Gasteiger partial charge in [-0.05, 0) is 6.92 Å². The first kappa shape index (κ1) is 7.91. The highest BCUT2D eigenvalue weighted by atomic mass is 32.2. The van der Waals surface area contributed by atoms with Gasteiger partial charge in [-0.15, -0.1) is 0 Å². The topological polar surface area (TPSA) is 60.2 Å². The first-order chi connectivity index (χ1) is 3.48. The Hall–Kier alpha value is -0.0900. The molecule has 49 valence electrons. The van der Waals surface area contributed by atoms with E-state index in [0.29, 0.717) is 5.25 Å². The minimum Gasteiger partial charge on any atom is -0.329 e. The standard InChI is InChI=1S/C4H10NO2S/c1-4(3-5)8(2,6)7/h3,5H2,1-2H3. The van der Waals surface area contributed by atoms with Crippen LogP contribution in [-0.4, -0.2) is 21.2 Å². The van der Waals surface area contributed by atoms with E-state index in [9.17, 15) is 8.42 Å². The predicted octanol–water partition coefficient (Wildman–Crippen LogP) is -0.458. The Morgan fingerprint density at radius 1 is 1.62 bits per heavy atom. The van der Waals surface area contributed by atoms with Crippen LogP contribution in [-0.2, 0) is 9.84 Å². The molecular formula is C4H10NO2S. The fraction of sp³-hybridized carbons (Fsp3) is 0.750. The zero-order chi connectivity index (χ0) is 6.78. The summed E-state index contributed by atoms with van der Waals surface area (Å²) in [5, 5.41) is 0.331. The average Bonchev–Trinajstić information content (AvgIpc) is 1.62. The molecule has 8 heavy (non-hydrogen) atoms. The summed E-state index contributed by atoms with van der Waals surface area (Å²) < 4.78 is 20.9. The molecule has 0 heterocycles. The van der Waals surface area contributed by atoms with E-state index in [2.05, 4.69) is 0 Å². The summed E-state index contributed by atoms with van der Waals surface area (Å²) in [5.74, 6) is 0. The van der Waals surface area contributed by atoms with Crippen molar-refractivity contribution in [1.29, 1.82) is 0 Å². The van der Waals surface area contributed by atoms with Crippen LogP contribution in [0, 0.1) is 5.25 Å². The predicted molar refractivity (Wildman–Crippen MR) is 32.8 cm³/mol. The molecular weight excluding hydrogens is 126 g/mol. The lowest BCUT2D eigenvalue weighted by Crippen LogP contribution is -2.17. The lowest BCUT2D eigenvalue weighted by molar-refractivity contribution is 0.601. The highest BCUT2D eigenvalue weighted by Crippen LogP contribution is 2.02. The van der Waals surface area contributed by atoms with Gasteiger partial charge in [0.05, 0.1) is 0 Å². The molecule has 0 fully saturated rings. The van der Waals surface area contributed by atoms with E-state index in [1.54, 1.807) is 0 Å². The molecule has 2 N–H and O–H groups in total. The van der Waals surface area contributed by atoms with Gasteiger partial charge in [0, 0.05) is 12.8 Å². The Labute approximate surface area is 49.8 Å². The third kappa shape index (κ3) is 2.28.